The average molecular weight is 347 g/mol. The number of nitrogens with one attached hydrogen (secondary N) is 2. The van der Waals surface area contributed by atoms with Crippen LogP contribution in [0.1, 0.15) is 17.5 Å². The molecule has 1 amide bonds. The Hall–Kier alpha value is -2.75. The molecule has 0 bridgehead atoms. The summed E-state index contributed by atoms with van der Waals surface area (Å²) in [6, 6.07) is 16.8. The number of nitrogens with zero attached hydrogens (tertiary/aromatic N) is 1. The van der Waals surface area contributed by atoms with Crippen LogP contribution in [0.4, 0.5) is 5.69 Å². The number of hydrogen-bond donors (Lipinski definition) is 2. The molecule has 4 rings (SSSR count). The Balaban J connectivity index is 1.29. The second-order valence-corrected chi connectivity index (χ2v) is 7.28. The lowest BCUT2D eigenvalue weighted by Gasteiger charge is -2.19. The molecule has 0 saturated carbocycles. The average Bonchev–Trinajstić information content (AvgIpc) is 3.28. The normalized spacial score (nSPS) is 17.0. The van der Waals surface area contributed by atoms with Gasteiger partial charge in [-0.2, -0.15) is 0 Å². The number of aromatic amines is 1. The van der Waals surface area contributed by atoms with Crippen LogP contribution in [0, 0.1) is 12.8 Å². The van der Waals surface area contributed by atoms with E-state index in [-0.39, 0.29) is 5.91 Å². The predicted molar refractivity (Wildman–Crippen MR) is 107 cm³/mol. The quantitative estimate of drug-likeness (QED) is 0.740. The summed E-state index contributed by atoms with van der Waals surface area (Å²) >= 11 is 0. The molecular formula is C22H25N3O. The Bertz CT molecular complexity index is 897. The number of fused-ring (bicyclic) bond motifs is 1. The number of benzene rings is 2. The van der Waals surface area contributed by atoms with Gasteiger partial charge in [0.25, 0.3) is 0 Å². The van der Waals surface area contributed by atoms with Crippen molar-refractivity contribution < 1.29 is 4.79 Å². The van der Waals surface area contributed by atoms with Crippen LogP contribution < -0.4 is 10.2 Å². The van der Waals surface area contributed by atoms with Crippen LogP contribution in [-0.2, 0) is 11.2 Å². The first-order valence-corrected chi connectivity index (χ1v) is 9.32. The maximum absolute atomic E-state index is 12.4. The molecule has 3 aromatic rings. The third kappa shape index (κ3) is 3.59. The predicted octanol–water partition coefficient (Wildman–Crippen LogP) is 3.66. The van der Waals surface area contributed by atoms with Crippen LogP contribution in [0.5, 0.6) is 0 Å². The summed E-state index contributed by atoms with van der Waals surface area (Å²) in [4.78, 5) is 18.0. The highest BCUT2D eigenvalue weighted by Crippen LogP contribution is 2.24. The maximum Gasteiger partial charge on any atom is 0.224 e. The SMILES string of the molecule is Cc1ccc(N2CCC(CNC(=O)Cc3c[nH]c4ccccc34)C2)cc1. The first-order valence-electron chi connectivity index (χ1n) is 9.32. The highest BCUT2D eigenvalue weighted by molar-refractivity contribution is 5.88. The van der Waals surface area contributed by atoms with Gasteiger partial charge in [-0.05, 0) is 43.0 Å². The van der Waals surface area contributed by atoms with Gasteiger partial charge in [0.2, 0.25) is 5.91 Å². The number of amides is 1. The summed E-state index contributed by atoms with van der Waals surface area (Å²) in [5.74, 6) is 0.617. The molecule has 2 aromatic carbocycles. The molecule has 1 aliphatic rings. The van der Waals surface area contributed by atoms with Crippen molar-refractivity contribution in [2.75, 3.05) is 24.5 Å². The van der Waals surface area contributed by atoms with E-state index in [2.05, 4.69) is 52.5 Å². The number of anilines is 1. The van der Waals surface area contributed by atoms with E-state index in [0.29, 0.717) is 12.3 Å². The van der Waals surface area contributed by atoms with Gasteiger partial charge in [0, 0.05) is 42.4 Å². The van der Waals surface area contributed by atoms with E-state index in [4.69, 9.17) is 0 Å². The maximum atomic E-state index is 12.4. The molecule has 1 fully saturated rings. The molecule has 4 nitrogen and oxygen atoms in total. The van der Waals surface area contributed by atoms with Crippen molar-refractivity contribution in [1.82, 2.24) is 10.3 Å². The molecule has 0 aliphatic carbocycles. The number of aromatic nitrogens is 1. The van der Waals surface area contributed by atoms with E-state index < -0.39 is 0 Å². The molecule has 2 N–H and O–H groups in total. The molecule has 1 aliphatic heterocycles. The van der Waals surface area contributed by atoms with Crippen molar-refractivity contribution in [3.8, 4) is 0 Å². The van der Waals surface area contributed by atoms with Gasteiger partial charge in [-0.25, -0.2) is 0 Å². The first kappa shape index (κ1) is 16.7. The number of H-pyrrole nitrogens is 1. The summed E-state index contributed by atoms with van der Waals surface area (Å²) in [7, 11) is 0. The fourth-order valence-corrected chi connectivity index (χ4v) is 3.76. The monoisotopic (exact) mass is 347 g/mol. The Labute approximate surface area is 154 Å². The van der Waals surface area contributed by atoms with Crippen LogP contribution in [0.25, 0.3) is 10.9 Å². The second kappa shape index (κ2) is 7.24. The fraction of sp³-hybridized carbons (Fsp3) is 0.318. The smallest absolute Gasteiger partial charge is 0.224 e. The van der Waals surface area contributed by atoms with E-state index in [1.165, 1.54) is 11.3 Å². The summed E-state index contributed by atoms with van der Waals surface area (Å²) < 4.78 is 0. The van der Waals surface area contributed by atoms with Crippen molar-refractivity contribution in [2.45, 2.75) is 19.8 Å². The Morgan fingerprint density at radius 3 is 2.85 bits per heavy atom. The lowest BCUT2D eigenvalue weighted by atomic mass is 10.1. The minimum Gasteiger partial charge on any atom is -0.371 e. The zero-order valence-electron chi connectivity index (χ0n) is 15.2. The first-order chi connectivity index (χ1) is 12.7. The van der Waals surface area contributed by atoms with Crippen molar-refractivity contribution >= 4 is 22.5 Å². The van der Waals surface area contributed by atoms with Gasteiger partial charge >= 0.3 is 0 Å². The van der Waals surface area contributed by atoms with Crippen molar-refractivity contribution in [3.05, 3.63) is 65.9 Å². The van der Waals surface area contributed by atoms with Crippen LogP contribution >= 0.6 is 0 Å². The van der Waals surface area contributed by atoms with Crippen LogP contribution in [0.2, 0.25) is 0 Å². The number of rotatable bonds is 5. The van der Waals surface area contributed by atoms with Gasteiger partial charge in [-0.15, -0.1) is 0 Å². The molecule has 1 saturated heterocycles. The van der Waals surface area contributed by atoms with Gasteiger partial charge in [0.05, 0.1) is 6.42 Å². The highest BCUT2D eigenvalue weighted by atomic mass is 16.1. The lowest BCUT2D eigenvalue weighted by Crippen LogP contribution is -2.32. The second-order valence-electron chi connectivity index (χ2n) is 7.28. The molecule has 4 heteroatoms. The minimum absolute atomic E-state index is 0.100. The number of para-hydroxylation sites is 1. The summed E-state index contributed by atoms with van der Waals surface area (Å²) in [5.41, 5.74) is 4.71. The van der Waals surface area contributed by atoms with Crippen molar-refractivity contribution in [1.29, 1.82) is 0 Å². The van der Waals surface area contributed by atoms with Gasteiger partial charge in [-0.3, -0.25) is 4.79 Å². The zero-order valence-corrected chi connectivity index (χ0v) is 15.2. The molecule has 134 valence electrons. The minimum atomic E-state index is 0.100. The lowest BCUT2D eigenvalue weighted by molar-refractivity contribution is -0.120. The molecule has 1 unspecified atom stereocenters. The number of hydrogen-bond acceptors (Lipinski definition) is 2. The number of carbonyl (C=O) groups excluding carboxylic acids is 1. The fourth-order valence-electron chi connectivity index (χ4n) is 3.76. The Morgan fingerprint density at radius 2 is 2.00 bits per heavy atom. The summed E-state index contributed by atoms with van der Waals surface area (Å²) in [5, 5.41) is 4.26. The van der Waals surface area contributed by atoms with E-state index in [0.717, 1.165) is 42.5 Å². The molecule has 26 heavy (non-hydrogen) atoms. The standard InChI is InChI=1S/C22H25N3O/c1-16-6-8-19(9-7-16)25-11-10-17(15-25)13-24-22(26)12-18-14-23-21-5-3-2-4-20(18)21/h2-9,14,17,23H,10-13,15H2,1H3,(H,24,26). The van der Waals surface area contributed by atoms with Crippen LogP contribution in [0.3, 0.4) is 0 Å². The van der Waals surface area contributed by atoms with Crippen molar-refractivity contribution in [3.63, 3.8) is 0 Å². The van der Waals surface area contributed by atoms with Gasteiger partial charge < -0.3 is 15.2 Å². The molecule has 0 spiro atoms. The third-order valence-corrected chi connectivity index (χ3v) is 5.30. The van der Waals surface area contributed by atoms with Gasteiger partial charge in [-0.1, -0.05) is 35.9 Å². The van der Waals surface area contributed by atoms with E-state index >= 15 is 0 Å². The van der Waals surface area contributed by atoms with E-state index in [9.17, 15) is 4.79 Å². The third-order valence-electron chi connectivity index (χ3n) is 5.30. The van der Waals surface area contributed by atoms with E-state index in [1.54, 1.807) is 0 Å². The summed E-state index contributed by atoms with van der Waals surface area (Å²) in [6.07, 6.45) is 3.50. The number of aryl methyl sites for hydroxylation is 1. The molecule has 0 radical (unpaired) electrons. The molecule has 2 heterocycles. The molecule has 1 aromatic heterocycles. The topological polar surface area (TPSA) is 48.1 Å². The zero-order chi connectivity index (χ0) is 17.9. The highest BCUT2D eigenvalue weighted by Gasteiger charge is 2.23. The van der Waals surface area contributed by atoms with Gasteiger partial charge in [0.15, 0.2) is 0 Å². The van der Waals surface area contributed by atoms with Crippen LogP contribution in [-0.4, -0.2) is 30.5 Å². The molecule has 1 atom stereocenters. The van der Waals surface area contributed by atoms with E-state index in [1.807, 2.05) is 24.4 Å². The largest absolute Gasteiger partial charge is 0.371 e. The van der Waals surface area contributed by atoms with Crippen LogP contribution in [0.15, 0.2) is 54.7 Å². The molecular weight excluding hydrogens is 322 g/mol. The summed E-state index contributed by atoms with van der Waals surface area (Å²) in [6.45, 7) is 4.94. The Kier molecular flexibility index (Phi) is 4.65. The van der Waals surface area contributed by atoms with Gasteiger partial charge in [0.1, 0.15) is 0 Å². The number of carbonyl (C=O) groups is 1. The van der Waals surface area contributed by atoms with Crippen molar-refractivity contribution in [2.24, 2.45) is 5.92 Å². The Morgan fingerprint density at radius 1 is 1.19 bits per heavy atom.